The predicted octanol–water partition coefficient (Wildman–Crippen LogP) is 3.24. The van der Waals surface area contributed by atoms with Gasteiger partial charge in [-0.1, -0.05) is 0 Å². The Balaban J connectivity index is 1.75. The van der Waals surface area contributed by atoms with Crippen LogP contribution in [0, 0.1) is 5.82 Å². The lowest BCUT2D eigenvalue weighted by molar-refractivity contribution is 0.00703. The number of amides is 1. The lowest BCUT2D eigenvalue weighted by atomic mass is 10.1. The lowest BCUT2D eigenvalue weighted by Crippen LogP contribution is -2.50. The fourth-order valence-corrected chi connectivity index (χ4v) is 2.95. The number of aromatic nitrogens is 2. The molecule has 0 aliphatic carbocycles. The van der Waals surface area contributed by atoms with Crippen LogP contribution in [0.1, 0.15) is 32.5 Å². The zero-order valence-electron chi connectivity index (χ0n) is 15.6. The fraction of sp³-hybridized carbons (Fsp3) is 0.474. The first-order valence-corrected chi connectivity index (χ1v) is 8.71. The van der Waals surface area contributed by atoms with Crippen molar-refractivity contribution in [2.24, 2.45) is 0 Å². The van der Waals surface area contributed by atoms with Gasteiger partial charge in [0.05, 0.1) is 18.1 Å². The van der Waals surface area contributed by atoms with Crippen molar-refractivity contribution in [3.8, 4) is 5.69 Å². The van der Waals surface area contributed by atoms with Gasteiger partial charge >= 0.3 is 6.09 Å². The van der Waals surface area contributed by atoms with Crippen molar-refractivity contribution >= 4 is 6.09 Å². The first-order chi connectivity index (χ1) is 12.2. The maximum atomic E-state index is 13.1. The smallest absolute Gasteiger partial charge is 0.410 e. The molecule has 1 aliphatic heterocycles. The van der Waals surface area contributed by atoms with Gasteiger partial charge in [0, 0.05) is 31.5 Å². The first kappa shape index (κ1) is 18.4. The predicted molar refractivity (Wildman–Crippen MR) is 96.7 cm³/mol. The van der Waals surface area contributed by atoms with E-state index in [0.29, 0.717) is 13.1 Å². The quantitative estimate of drug-likeness (QED) is 0.825. The molecule has 1 unspecified atom stereocenters. The molecule has 1 atom stereocenters. The number of imidazole rings is 1. The minimum Gasteiger partial charge on any atom is -0.444 e. The largest absolute Gasteiger partial charge is 0.444 e. The van der Waals surface area contributed by atoms with Crippen molar-refractivity contribution in [2.45, 2.75) is 32.4 Å². The van der Waals surface area contributed by atoms with Crippen molar-refractivity contribution in [3.63, 3.8) is 0 Å². The number of hydrogen-bond acceptors (Lipinski definition) is 4. The maximum absolute atomic E-state index is 13.1. The highest BCUT2D eigenvalue weighted by Gasteiger charge is 2.32. The van der Waals surface area contributed by atoms with Gasteiger partial charge in [-0.3, -0.25) is 4.90 Å². The summed E-state index contributed by atoms with van der Waals surface area (Å²) < 4.78 is 20.5. The van der Waals surface area contributed by atoms with Crippen LogP contribution >= 0.6 is 0 Å². The van der Waals surface area contributed by atoms with Gasteiger partial charge in [-0.25, -0.2) is 14.2 Å². The summed E-state index contributed by atoms with van der Waals surface area (Å²) >= 11 is 0. The number of nitrogens with zero attached hydrogens (tertiary/aromatic N) is 4. The molecule has 7 heteroatoms. The van der Waals surface area contributed by atoms with E-state index >= 15 is 0 Å². The molecule has 26 heavy (non-hydrogen) atoms. The zero-order valence-corrected chi connectivity index (χ0v) is 15.6. The number of benzene rings is 1. The molecule has 140 valence electrons. The highest BCUT2D eigenvalue weighted by Crippen LogP contribution is 2.25. The Morgan fingerprint density at radius 1 is 1.23 bits per heavy atom. The summed E-state index contributed by atoms with van der Waals surface area (Å²) in [5, 5.41) is 0. The summed E-state index contributed by atoms with van der Waals surface area (Å²) in [5.41, 5.74) is 1.19. The van der Waals surface area contributed by atoms with Gasteiger partial charge in [0.15, 0.2) is 0 Å². The Morgan fingerprint density at radius 3 is 2.58 bits per heavy atom. The van der Waals surface area contributed by atoms with E-state index in [4.69, 9.17) is 4.74 Å². The Labute approximate surface area is 153 Å². The molecule has 1 saturated heterocycles. The van der Waals surface area contributed by atoms with E-state index < -0.39 is 5.60 Å². The number of carbonyl (C=O) groups is 1. The molecule has 0 spiro atoms. The number of rotatable bonds is 2. The van der Waals surface area contributed by atoms with E-state index in [1.165, 1.54) is 12.1 Å². The SMILES string of the molecule is CN1CCN(C(=O)OC(C)(C)C)CC1c1cn(-c2ccc(F)cc2)cn1. The molecule has 2 heterocycles. The second kappa shape index (κ2) is 7.07. The van der Waals surface area contributed by atoms with Crippen LogP contribution in [0.25, 0.3) is 5.69 Å². The summed E-state index contributed by atoms with van der Waals surface area (Å²) in [7, 11) is 2.02. The van der Waals surface area contributed by atoms with Crippen molar-refractivity contribution in [3.05, 3.63) is 48.3 Å². The molecule has 1 aromatic carbocycles. The number of carbonyl (C=O) groups excluding carboxylic acids is 1. The number of likely N-dealkylation sites (N-methyl/N-ethyl adjacent to an activating group) is 1. The average molecular weight is 360 g/mol. The van der Waals surface area contributed by atoms with Gasteiger partial charge in [0.2, 0.25) is 0 Å². The Kier molecular flexibility index (Phi) is 5.00. The number of piperazine rings is 1. The van der Waals surface area contributed by atoms with Gasteiger partial charge < -0.3 is 14.2 Å². The molecule has 3 rings (SSSR count). The summed E-state index contributed by atoms with van der Waals surface area (Å²) in [5.74, 6) is -0.269. The minimum atomic E-state index is -0.514. The maximum Gasteiger partial charge on any atom is 0.410 e. The number of hydrogen-bond donors (Lipinski definition) is 0. The van der Waals surface area contributed by atoms with Crippen LogP contribution in [0.5, 0.6) is 0 Å². The van der Waals surface area contributed by atoms with Crippen LogP contribution in [0.3, 0.4) is 0 Å². The van der Waals surface area contributed by atoms with Crippen molar-refractivity contribution in [1.29, 1.82) is 0 Å². The van der Waals surface area contributed by atoms with E-state index in [-0.39, 0.29) is 18.0 Å². The van der Waals surface area contributed by atoms with Crippen LogP contribution in [0.15, 0.2) is 36.8 Å². The molecular weight excluding hydrogens is 335 g/mol. The van der Waals surface area contributed by atoms with Crippen molar-refractivity contribution in [2.75, 3.05) is 26.7 Å². The van der Waals surface area contributed by atoms with Crippen LogP contribution in [0.4, 0.5) is 9.18 Å². The van der Waals surface area contributed by atoms with E-state index in [1.807, 2.05) is 38.6 Å². The third-order valence-corrected chi connectivity index (χ3v) is 4.37. The number of halogens is 1. The summed E-state index contributed by atoms with van der Waals surface area (Å²) in [6.45, 7) is 7.48. The summed E-state index contributed by atoms with van der Waals surface area (Å²) in [6.07, 6.45) is 3.34. The molecule has 0 bridgehead atoms. The third kappa shape index (κ3) is 4.22. The minimum absolute atomic E-state index is 0.0158. The molecule has 2 aromatic rings. The molecule has 0 saturated carbocycles. The van der Waals surface area contributed by atoms with Crippen LogP contribution in [0.2, 0.25) is 0 Å². The number of ether oxygens (including phenoxy) is 1. The van der Waals surface area contributed by atoms with Crippen LogP contribution in [-0.4, -0.2) is 57.7 Å². The van der Waals surface area contributed by atoms with E-state index in [2.05, 4.69) is 9.88 Å². The third-order valence-electron chi connectivity index (χ3n) is 4.37. The van der Waals surface area contributed by atoms with Crippen molar-refractivity contribution < 1.29 is 13.9 Å². The Bertz CT molecular complexity index is 767. The van der Waals surface area contributed by atoms with Crippen LogP contribution < -0.4 is 0 Å². The average Bonchev–Trinajstić information content (AvgIpc) is 3.04. The molecule has 0 radical (unpaired) electrons. The summed E-state index contributed by atoms with van der Waals surface area (Å²) in [4.78, 5) is 20.8. The second-order valence-corrected chi connectivity index (χ2v) is 7.60. The molecule has 1 aromatic heterocycles. The first-order valence-electron chi connectivity index (χ1n) is 8.71. The molecule has 1 aliphatic rings. The Morgan fingerprint density at radius 2 is 1.92 bits per heavy atom. The van der Waals surface area contributed by atoms with Gasteiger partial charge in [-0.05, 0) is 52.1 Å². The molecule has 6 nitrogen and oxygen atoms in total. The molecule has 1 fully saturated rings. The topological polar surface area (TPSA) is 50.6 Å². The second-order valence-electron chi connectivity index (χ2n) is 7.60. The van der Waals surface area contributed by atoms with E-state index in [0.717, 1.165) is 17.9 Å². The van der Waals surface area contributed by atoms with E-state index in [9.17, 15) is 9.18 Å². The standard InChI is InChI=1S/C19H25FN4O2/c1-19(2,3)26-18(25)23-10-9-22(4)17(12-23)16-11-24(13-21-16)15-7-5-14(20)6-8-15/h5-8,11,13,17H,9-10,12H2,1-4H3. The zero-order chi connectivity index (χ0) is 18.9. The van der Waals surface area contributed by atoms with Gasteiger partial charge in [0.1, 0.15) is 11.4 Å². The van der Waals surface area contributed by atoms with Gasteiger partial charge in [-0.2, -0.15) is 0 Å². The van der Waals surface area contributed by atoms with Crippen molar-refractivity contribution in [1.82, 2.24) is 19.4 Å². The van der Waals surface area contributed by atoms with Gasteiger partial charge in [-0.15, -0.1) is 0 Å². The monoisotopic (exact) mass is 360 g/mol. The molecule has 0 N–H and O–H groups in total. The highest BCUT2D eigenvalue weighted by molar-refractivity contribution is 5.68. The highest BCUT2D eigenvalue weighted by atomic mass is 19.1. The summed E-state index contributed by atoms with van der Waals surface area (Å²) in [6, 6.07) is 6.24. The molecule has 1 amide bonds. The lowest BCUT2D eigenvalue weighted by Gasteiger charge is -2.39. The van der Waals surface area contributed by atoms with Gasteiger partial charge in [0.25, 0.3) is 0 Å². The normalized spacial score (nSPS) is 18.8. The van der Waals surface area contributed by atoms with E-state index in [1.54, 1.807) is 23.4 Å². The molecular formula is C19H25FN4O2. The fourth-order valence-electron chi connectivity index (χ4n) is 2.95. The Hall–Kier alpha value is -2.41. The van der Waals surface area contributed by atoms with Crippen LogP contribution in [-0.2, 0) is 4.74 Å².